The van der Waals surface area contributed by atoms with Crippen LogP contribution in [0, 0.1) is 0 Å². The van der Waals surface area contributed by atoms with Gasteiger partial charge < -0.3 is 4.90 Å². The van der Waals surface area contributed by atoms with Crippen LogP contribution in [0.1, 0.15) is 44.9 Å². The van der Waals surface area contributed by atoms with Crippen LogP contribution in [0.5, 0.6) is 0 Å². The first-order valence-corrected chi connectivity index (χ1v) is 9.84. The minimum absolute atomic E-state index is 0.278. The highest BCUT2D eigenvalue weighted by atomic mass is 32.2. The molecule has 1 aliphatic rings. The number of rotatable bonds is 8. The largest absolute Gasteiger partial charge is 0.303 e. The molecule has 0 spiro atoms. The van der Waals surface area contributed by atoms with Crippen LogP contribution in [0.2, 0.25) is 0 Å². The third-order valence-corrected chi connectivity index (χ3v) is 6.00. The van der Waals surface area contributed by atoms with Gasteiger partial charge in [0.25, 0.3) is 0 Å². The predicted octanol–water partition coefficient (Wildman–Crippen LogP) is 3.51. The van der Waals surface area contributed by atoms with Crippen LogP contribution in [0.15, 0.2) is 35.2 Å². The smallest absolute Gasteiger partial charge is 0.178 e. The fourth-order valence-corrected chi connectivity index (χ4v) is 4.30. The number of likely N-dealkylation sites (tertiary alicyclic amines) is 1. The summed E-state index contributed by atoms with van der Waals surface area (Å²) in [6.07, 6.45) is 8.20. The van der Waals surface area contributed by atoms with Gasteiger partial charge in [0.2, 0.25) is 0 Å². The van der Waals surface area contributed by atoms with Gasteiger partial charge in [-0.3, -0.25) is 0 Å². The van der Waals surface area contributed by atoms with Gasteiger partial charge in [-0.05, 0) is 57.5 Å². The zero-order valence-corrected chi connectivity index (χ0v) is 13.7. The Balaban J connectivity index is 1.59. The molecule has 0 bridgehead atoms. The molecule has 0 N–H and O–H groups in total. The van der Waals surface area contributed by atoms with Gasteiger partial charge in [0.15, 0.2) is 9.84 Å². The minimum atomic E-state index is -3.08. The van der Waals surface area contributed by atoms with Crippen LogP contribution in [-0.4, -0.2) is 38.7 Å². The van der Waals surface area contributed by atoms with Crippen LogP contribution in [0.4, 0.5) is 0 Å². The molecule has 3 nitrogen and oxygen atoms in total. The van der Waals surface area contributed by atoms with E-state index in [0.717, 1.165) is 19.3 Å². The van der Waals surface area contributed by atoms with E-state index >= 15 is 0 Å². The fourth-order valence-electron chi connectivity index (χ4n) is 2.91. The van der Waals surface area contributed by atoms with Crippen molar-refractivity contribution >= 4 is 9.84 Å². The van der Waals surface area contributed by atoms with E-state index in [2.05, 4.69) is 4.90 Å². The Morgan fingerprint density at radius 3 is 2.24 bits per heavy atom. The molecule has 1 aromatic carbocycles. The Bertz CT molecular complexity index is 493. The monoisotopic (exact) mass is 309 g/mol. The molecule has 2 rings (SSSR count). The van der Waals surface area contributed by atoms with Gasteiger partial charge in [-0.15, -0.1) is 0 Å². The van der Waals surface area contributed by atoms with Crippen molar-refractivity contribution in [2.75, 3.05) is 25.4 Å². The number of benzene rings is 1. The molecule has 1 heterocycles. The third kappa shape index (κ3) is 5.79. The van der Waals surface area contributed by atoms with Crippen molar-refractivity contribution in [1.29, 1.82) is 0 Å². The summed E-state index contributed by atoms with van der Waals surface area (Å²) in [5.74, 6) is 0.278. The van der Waals surface area contributed by atoms with Gasteiger partial charge in [-0.2, -0.15) is 0 Å². The number of hydrogen-bond acceptors (Lipinski definition) is 3. The summed E-state index contributed by atoms with van der Waals surface area (Å²) in [6.45, 7) is 3.69. The Labute approximate surface area is 129 Å². The van der Waals surface area contributed by atoms with Crippen molar-refractivity contribution in [3.05, 3.63) is 30.3 Å². The quantitative estimate of drug-likeness (QED) is 0.690. The summed E-state index contributed by atoms with van der Waals surface area (Å²) in [5, 5.41) is 0. The van der Waals surface area contributed by atoms with E-state index < -0.39 is 9.84 Å². The second-order valence-corrected chi connectivity index (χ2v) is 8.06. The fraction of sp³-hybridized carbons (Fsp3) is 0.647. The van der Waals surface area contributed by atoms with Gasteiger partial charge in [-0.25, -0.2) is 8.42 Å². The lowest BCUT2D eigenvalue weighted by atomic mass is 10.1. The molecule has 1 aliphatic heterocycles. The van der Waals surface area contributed by atoms with Crippen LogP contribution in [0.3, 0.4) is 0 Å². The summed E-state index contributed by atoms with van der Waals surface area (Å²) >= 11 is 0. The lowest BCUT2D eigenvalue weighted by Crippen LogP contribution is -2.30. The Kier molecular flexibility index (Phi) is 6.71. The first kappa shape index (κ1) is 16.5. The zero-order valence-electron chi connectivity index (χ0n) is 12.8. The maximum Gasteiger partial charge on any atom is 0.178 e. The van der Waals surface area contributed by atoms with E-state index in [1.54, 1.807) is 24.3 Å². The highest BCUT2D eigenvalue weighted by Crippen LogP contribution is 2.14. The van der Waals surface area contributed by atoms with Crippen molar-refractivity contribution in [2.24, 2.45) is 0 Å². The van der Waals surface area contributed by atoms with Crippen molar-refractivity contribution in [2.45, 2.75) is 49.8 Å². The Morgan fingerprint density at radius 1 is 0.857 bits per heavy atom. The van der Waals surface area contributed by atoms with E-state index in [4.69, 9.17) is 0 Å². The minimum Gasteiger partial charge on any atom is -0.303 e. The molecule has 4 heteroatoms. The number of sulfone groups is 1. The van der Waals surface area contributed by atoms with Crippen molar-refractivity contribution in [3.8, 4) is 0 Å². The average Bonchev–Trinajstić information content (AvgIpc) is 2.52. The normalized spacial score (nSPS) is 17.0. The lowest BCUT2D eigenvalue weighted by molar-refractivity contribution is 0.224. The summed E-state index contributed by atoms with van der Waals surface area (Å²) in [5.41, 5.74) is 0. The van der Waals surface area contributed by atoms with Crippen LogP contribution >= 0.6 is 0 Å². The topological polar surface area (TPSA) is 37.4 Å². The summed E-state index contributed by atoms with van der Waals surface area (Å²) in [4.78, 5) is 3.00. The molecule has 0 atom stereocenters. The summed E-state index contributed by atoms with van der Waals surface area (Å²) in [7, 11) is -3.08. The molecule has 0 unspecified atom stereocenters. The number of unbranched alkanes of at least 4 members (excludes halogenated alkanes) is 3. The molecule has 0 amide bonds. The molecule has 0 aromatic heterocycles. The van der Waals surface area contributed by atoms with Gasteiger partial charge in [0, 0.05) is 0 Å². The van der Waals surface area contributed by atoms with E-state index in [1.807, 2.05) is 6.07 Å². The standard InChI is InChI=1S/C17H27NO2S/c19-21(20,17-11-5-3-6-12-17)16-10-2-1-7-13-18-14-8-4-9-15-18/h3,5-6,11-12H,1-2,4,7-10,13-16H2. The van der Waals surface area contributed by atoms with Gasteiger partial charge >= 0.3 is 0 Å². The van der Waals surface area contributed by atoms with Crippen molar-refractivity contribution < 1.29 is 8.42 Å². The van der Waals surface area contributed by atoms with E-state index in [1.165, 1.54) is 45.3 Å². The van der Waals surface area contributed by atoms with Gasteiger partial charge in [0.1, 0.15) is 0 Å². The lowest BCUT2D eigenvalue weighted by Gasteiger charge is -2.26. The maximum atomic E-state index is 12.1. The molecule has 0 saturated carbocycles. The SMILES string of the molecule is O=S(=O)(CCCCCCN1CCCCC1)c1ccccc1. The van der Waals surface area contributed by atoms with Gasteiger partial charge in [-0.1, -0.05) is 37.5 Å². The first-order chi connectivity index (χ1) is 10.2. The zero-order chi connectivity index (χ0) is 15.0. The van der Waals surface area contributed by atoms with Crippen molar-refractivity contribution in [1.82, 2.24) is 4.90 Å². The highest BCUT2D eigenvalue weighted by molar-refractivity contribution is 7.91. The van der Waals surface area contributed by atoms with E-state index in [0.29, 0.717) is 4.90 Å². The highest BCUT2D eigenvalue weighted by Gasteiger charge is 2.13. The molecule has 118 valence electrons. The Hall–Kier alpha value is -0.870. The predicted molar refractivity (Wildman–Crippen MR) is 87.3 cm³/mol. The van der Waals surface area contributed by atoms with Crippen LogP contribution in [-0.2, 0) is 9.84 Å². The summed E-state index contributed by atoms with van der Waals surface area (Å²) < 4.78 is 24.2. The van der Waals surface area contributed by atoms with Crippen LogP contribution < -0.4 is 0 Å². The molecule has 0 aliphatic carbocycles. The third-order valence-electron chi connectivity index (χ3n) is 4.19. The number of nitrogens with zero attached hydrogens (tertiary/aromatic N) is 1. The molecular weight excluding hydrogens is 282 g/mol. The maximum absolute atomic E-state index is 12.1. The molecule has 1 saturated heterocycles. The first-order valence-electron chi connectivity index (χ1n) is 8.19. The van der Waals surface area contributed by atoms with Crippen LogP contribution in [0.25, 0.3) is 0 Å². The van der Waals surface area contributed by atoms with E-state index in [-0.39, 0.29) is 5.75 Å². The second-order valence-electron chi connectivity index (χ2n) is 5.95. The molecule has 21 heavy (non-hydrogen) atoms. The molecular formula is C17H27NO2S. The van der Waals surface area contributed by atoms with Crippen molar-refractivity contribution in [3.63, 3.8) is 0 Å². The van der Waals surface area contributed by atoms with E-state index in [9.17, 15) is 8.42 Å². The molecule has 1 aromatic rings. The summed E-state index contributed by atoms with van der Waals surface area (Å²) in [6, 6.07) is 8.79. The number of piperidine rings is 1. The average molecular weight is 309 g/mol. The molecule has 0 radical (unpaired) electrons. The Morgan fingerprint density at radius 2 is 1.52 bits per heavy atom. The second kappa shape index (κ2) is 8.54. The number of hydrogen-bond donors (Lipinski definition) is 0. The molecule has 1 fully saturated rings. The van der Waals surface area contributed by atoms with Gasteiger partial charge in [0.05, 0.1) is 10.6 Å².